The first-order chi connectivity index (χ1) is 7.32. The normalized spacial score (nSPS) is 14.9. The largest absolute Gasteiger partial charge is 0.513 e. The van der Waals surface area contributed by atoms with E-state index >= 15 is 0 Å². The molecule has 0 aliphatic rings. The van der Waals surface area contributed by atoms with Crippen molar-refractivity contribution in [1.82, 2.24) is 0 Å². The van der Waals surface area contributed by atoms with Gasteiger partial charge in [-0.25, -0.2) is 0 Å². The van der Waals surface area contributed by atoms with Gasteiger partial charge in [0.05, 0.1) is 18.3 Å². The van der Waals surface area contributed by atoms with Gasteiger partial charge >= 0.3 is 5.97 Å². The number of carbonyl (C=O) groups is 1. The fourth-order valence-electron chi connectivity index (χ4n) is 2.08. The molecule has 0 bridgehead atoms. The van der Waals surface area contributed by atoms with Crippen LogP contribution in [0.4, 0.5) is 0 Å². The molecular weight excluding hydrogens is 204 g/mol. The molecule has 0 spiro atoms. The number of rotatable bonds is 6. The quantitative estimate of drug-likeness (QED) is 0.561. The maximum absolute atomic E-state index is 11.9. The lowest BCUT2D eigenvalue weighted by molar-refractivity contribution is -0.152. The third-order valence-corrected chi connectivity index (χ3v) is 2.77. The second kappa shape index (κ2) is 6.56. The van der Waals surface area contributed by atoms with Crippen molar-refractivity contribution in [3.05, 3.63) is 12.3 Å². The lowest BCUT2D eigenvalue weighted by atomic mass is 9.76. The molecule has 0 heterocycles. The van der Waals surface area contributed by atoms with Gasteiger partial charge in [-0.15, -0.1) is 0 Å². The van der Waals surface area contributed by atoms with Crippen LogP contribution >= 0.6 is 0 Å². The number of carbonyl (C=O) groups excluding carboxylic acids is 1. The van der Waals surface area contributed by atoms with Gasteiger partial charge in [-0.3, -0.25) is 4.79 Å². The van der Waals surface area contributed by atoms with Crippen molar-refractivity contribution < 1.29 is 14.6 Å². The summed E-state index contributed by atoms with van der Waals surface area (Å²) in [6.45, 7) is 13.6. The predicted octanol–water partition coefficient (Wildman–Crippen LogP) is 3.17. The van der Waals surface area contributed by atoms with Crippen LogP contribution in [-0.4, -0.2) is 17.7 Å². The van der Waals surface area contributed by atoms with E-state index in [0.29, 0.717) is 6.61 Å². The van der Waals surface area contributed by atoms with Gasteiger partial charge in [0.15, 0.2) is 0 Å². The Morgan fingerprint density at radius 3 is 1.88 bits per heavy atom. The van der Waals surface area contributed by atoms with Gasteiger partial charge in [0.25, 0.3) is 0 Å². The zero-order valence-electron chi connectivity index (χ0n) is 11.0. The summed E-state index contributed by atoms with van der Waals surface area (Å²) in [6, 6.07) is 0. The van der Waals surface area contributed by atoms with E-state index in [4.69, 9.17) is 4.74 Å². The molecule has 1 N–H and O–H groups in total. The summed E-state index contributed by atoms with van der Waals surface area (Å²) in [5.41, 5.74) is 0. The van der Waals surface area contributed by atoms with Crippen LogP contribution < -0.4 is 0 Å². The Labute approximate surface area is 98.5 Å². The zero-order chi connectivity index (χ0) is 12.9. The Hall–Kier alpha value is -0.990. The van der Waals surface area contributed by atoms with Crippen LogP contribution in [0.3, 0.4) is 0 Å². The topological polar surface area (TPSA) is 46.5 Å². The molecule has 0 rings (SSSR count). The van der Waals surface area contributed by atoms with E-state index in [1.165, 1.54) is 0 Å². The highest BCUT2D eigenvalue weighted by Crippen LogP contribution is 2.32. The maximum atomic E-state index is 11.9. The number of hydrogen-bond donors (Lipinski definition) is 1. The van der Waals surface area contributed by atoms with Gasteiger partial charge < -0.3 is 9.84 Å². The first kappa shape index (κ1) is 15.0. The highest BCUT2D eigenvalue weighted by molar-refractivity contribution is 5.73. The first-order valence-electron chi connectivity index (χ1n) is 5.87. The molecule has 0 saturated heterocycles. The predicted molar refractivity (Wildman–Crippen MR) is 65.1 cm³/mol. The van der Waals surface area contributed by atoms with E-state index in [2.05, 4.69) is 6.58 Å². The molecular formula is C13H24O3. The average Bonchev–Trinajstić information content (AvgIpc) is 2.11. The Balaban J connectivity index is 5.00. The summed E-state index contributed by atoms with van der Waals surface area (Å²) in [7, 11) is 0. The molecule has 0 aromatic carbocycles. The minimum absolute atomic E-state index is 0.0711. The lowest BCUT2D eigenvalue weighted by Crippen LogP contribution is -2.34. The van der Waals surface area contributed by atoms with Crippen molar-refractivity contribution in [2.45, 2.75) is 34.6 Å². The standard InChI is InChI=1S/C13H24O3/c1-7-16-13(15)12(9(4)5)11(8(2)3)10(6)14/h8-9,11-12,14H,6-7H2,1-5H3. The summed E-state index contributed by atoms with van der Waals surface area (Å²) in [4.78, 5) is 11.9. The fraction of sp³-hybridized carbons (Fsp3) is 0.769. The highest BCUT2D eigenvalue weighted by atomic mass is 16.5. The Morgan fingerprint density at radius 1 is 1.19 bits per heavy atom. The molecule has 2 atom stereocenters. The number of aliphatic hydroxyl groups is 1. The third-order valence-electron chi connectivity index (χ3n) is 2.77. The second-order valence-electron chi connectivity index (χ2n) is 4.78. The molecule has 2 unspecified atom stereocenters. The molecule has 3 heteroatoms. The van der Waals surface area contributed by atoms with Crippen molar-refractivity contribution in [3.63, 3.8) is 0 Å². The van der Waals surface area contributed by atoms with E-state index in [0.717, 1.165) is 0 Å². The van der Waals surface area contributed by atoms with E-state index in [1.54, 1.807) is 6.92 Å². The van der Waals surface area contributed by atoms with E-state index in [1.807, 2.05) is 27.7 Å². The second-order valence-corrected chi connectivity index (χ2v) is 4.78. The smallest absolute Gasteiger partial charge is 0.309 e. The average molecular weight is 228 g/mol. The molecule has 0 radical (unpaired) electrons. The number of hydrogen-bond acceptors (Lipinski definition) is 3. The van der Waals surface area contributed by atoms with Crippen LogP contribution in [0, 0.1) is 23.7 Å². The maximum Gasteiger partial charge on any atom is 0.309 e. The molecule has 0 aromatic rings. The van der Waals surface area contributed by atoms with Crippen LogP contribution in [0.1, 0.15) is 34.6 Å². The fourth-order valence-corrected chi connectivity index (χ4v) is 2.08. The van der Waals surface area contributed by atoms with Gasteiger partial charge in [0.1, 0.15) is 0 Å². The monoisotopic (exact) mass is 228 g/mol. The van der Waals surface area contributed by atoms with Gasteiger partial charge in [-0.2, -0.15) is 0 Å². The number of ether oxygens (including phenoxy) is 1. The van der Waals surface area contributed by atoms with Gasteiger partial charge in [0, 0.05) is 5.92 Å². The minimum atomic E-state index is -0.322. The zero-order valence-corrected chi connectivity index (χ0v) is 11.0. The third kappa shape index (κ3) is 3.87. The Morgan fingerprint density at radius 2 is 1.62 bits per heavy atom. The van der Waals surface area contributed by atoms with E-state index in [9.17, 15) is 9.90 Å². The molecule has 0 fully saturated rings. The van der Waals surface area contributed by atoms with Crippen LogP contribution in [-0.2, 0) is 9.53 Å². The van der Waals surface area contributed by atoms with Crippen LogP contribution in [0.15, 0.2) is 12.3 Å². The van der Waals surface area contributed by atoms with Crippen molar-refractivity contribution >= 4 is 5.97 Å². The summed E-state index contributed by atoms with van der Waals surface area (Å²) in [5.74, 6) is -0.450. The molecule has 0 saturated carbocycles. The summed E-state index contributed by atoms with van der Waals surface area (Å²) >= 11 is 0. The molecule has 3 nitrogen and oxygen atoms in total. The molecule has 16 heavy (non-hydrogen) atoms. The summed E-state index contributed by atoms with van der Waals surface area (Å²) < 4.78 is 5.06. The van der Waals surface area contributed by atoms with Crippen molar-refractivity contribution in [2.24, 2.45) is 23.7 Å². The Bertz CT molecular complexity index is 244. The minimum Gasteiger partial charge on any atom is -0.513 e. The number of esters is 1. The van der Waals surface area contributed by atoms with Crippen molar-refractivity contribution in [1.29, 1.82) is 0 Å². The van der Waals surface area contributed by atoms with Gasteiger partial charge in [0.2, 0.25) is 0 Å². The SMILES string of the molecule is C=C(O)C(C(C)C)C(C(=O)OCC)C(C)C. The summed E-state index contributed by atoms with van der Waals surface area (Å²) in [5, 5.41) is 9.62. The van der Waals surface area contributed by atoms with Gasteiger partial charge in [-0.1, -0.05) is 34.3 Å². The first-order valence-corrected chi connectivity index (χ1v) is 5.87. The lowest BCUT2D eigenvalue weighted by Gasteiger charge is -2.30. The molecule has 0 amide bonds. The van der Waals surface area contributed by atoms with Crippen molar-refractivity contribution in [3.8, 4) is 0 Å². The van der Waals surface area contributed by atoms with Gasteiger partial charge in [-0.05, 0) is 18.8 Å². The van der Waals surface area contributed by atoms with Crippen LogP contribution in [0.5, 0.6) is 0 Å². The number of aliphatic hydroxyl groups excluding tert-OH is 1. The molecule has 94 valence electrons. The molecule has 0 aliphatic carbocycles. The number of allylic oxidation sites excluding steroid dienone is 1. The summed E-state index contributed by atoms with van der Waals surface area (Å²) in [6.07, 6.45) is 0. The molecule has 0 aliphatic heterocycles. The highest BCUT2D eigenvalue weighted by Gasteiger charge is 2.36. The van der Waals surface area contributed by atoms with Crippen LogP contribution in [0.2, 0.25) is 0 Å². The van der Waals surface area contributed by atoms with Crippen LogP contribution in [0.25, 0.3) is 0 Å². The molecule has 0 aromatic heterocycles. The van der Waals surface area contributed by atoms with E-state index < -0.39 is 0 Å². The van der Waals surface area contributed by atoms with Crippen molar-refractivity contribution in [2.75, 3.05) is 6.61 Å². The van der Waals surface area contributed by atoms with E-state index in [-0.39, 0.29) is 35.4 Å². The Kier molecular flexibility index (Phi) is 6.16.